The van der Waals surface area contributed by atoms with Crippen LogP contribution in [0.1, 0.15) is 31.2 Å². The lowest BCUT2D eigenvalue weighted by atomic mass is 10.2. The molecular weight excluding hydrogens is 396 g/mol. The van der Waals surface area contributed by atoms with Gasteiger partial charge in [0.05, 0.1) is 19.3 Å². The van der Waals surface area contributed by atoms with E-state index in [9.17, 15) is 5.11 Å². The first kappa shape index (κ1) is 21.4. The fourth-order valence-corrected chi connectivity index (χ4v) is 3.65. The summed E-state index contributed by atoms with van der Waals surface area (Å²) in [4.78, 5) is 16.3. The van der Waals surface area contributed by atoms with Crippen LogP contribution < -0.4 is 15.5 Å². The van der Waals surface area contributed by atoms with E-state index in [2.05, 4.69) is 25.6 Å². The van der Waals surface area contributed by atoms with Gasteiger partial charge in [0.25, 0.3) is 0 Å². The van der Waals surface area contributed by atoms with Crippen LogP contribution in [0.25, 0.3) is 11.0 Å². The Bertz CT molecular complexity index is 1030. The average molecular weight is 427 g/mol. The molecular formula is C21H30N8O2. The van der Waals surface area contributed by atoms with Gasteiger partial charge in [-0.25, -0.2) is 9.97 Å². The van der Waals surface area contributed by atoms with Gasteiger partial charge in [-0.1, -0.05) is 0 Å². The van der Waals surface area contributed by atoms with Crippen LogP contribution >= 0.6 is 0 Å². The molecule has 1 atom stereocenters. The zero-order valence-corrected chi connectivity index (χ0v) is 18.3. The van der Waals surface area contributed by atoms with Crippen molar-refractivity contribution in [2.75, 3.05) is 49.6 Å². The summed E-state index contributed by atoms with van der Waals surface area (Å²) >= 11 is 0. The number of ether oxygens (including phenoxy) is 1. The van der Waals surface area contributed by atoms with E-state index >= 15 is 0 Å². The van der Waals surface area contributed by atoms with Crippen LogP contribution in [0.4, 0.5) is 17.6 Å². The molecule has 10 heteroatoms. The van der Waals surface area contributed by atoms with Crippen LogP contribution in [-0.2, 0) is 11.3 Å². The number of aromatic nitrogens is 5. The third-order valence-corrected chi connectivity index (χ3v) is 5.21. The lowest BCUT2D eigenvalue weighted by Gasteiger charge is -2.27. The number of aliphatic hydroxyl groups excluding tert-OH is 1. The molecule has 166 valence electrons. The van der Waals surface area contributed by atoms with Gasteiger partial charge in [-0.15, -0.1) is 0 Å². The molecule has 0 bridgehead atoms. The Hall–Kier alpha value is -2.82. The number of fused-ring (bicyclic) bond motifs is 1. The van der Waals surface area contributed by atoms with Gasteiger partial charge in [0.2, 0.25) is 5.95 Å². The number of anilines is 3. The van der Waals surface area contributed by atoms with Gasteiger partial charge in [0, 0.05) is 39.0 Å². The second-order valence-electron chi connectivity index (χ2n) is 7.63. The number of rotatable bonds is 8. The largest absolute Gasteiger partial charge is 0.387 e. The topological polar surface area (TPSA) is 113 Å². The van der Waals surface area contributed by atoms with Crippen LogP contribution in [0.5, 0.6) is 0 Å². The zero-order chi connectivity index (χ0) is 21.8. The Kier molecular flexibility index (Phi) is 6.59. The summed E-state index contributed by atoms with van der Waals surface area (Å²) in [7, 11) is 0. The third kappa shape index (κ3) is 4.76. The standard InChI is InChI=1S/C21H30N8O2/c1-4-31-12-11-29-19-18(17(27-29)15(3)30)25-21(28-9-7-22-8-10-28)26-20(19)24-16-13-14(2)5-6-23-16/h5-6,13,15,22,30H,4,7-12H2,1-3H3,(H,23,24,25,26). The quantitative estimate of drug-likeness (QED) is 0.464. The molecule has 1 unspecified atom stereocenters. The first-order valence-electron chi connectivity index (χ1n) is 10.8. The van der Waals surface area contributed by atoms with Crippen LogP contribution in [0.15, 0.2) is 18.3 Å². The van der Waals surface area contributed by atoms with E-state index in [4.69, 9.17) is 14.7 Å². The molecule has 31 heavy (non-hydrogen) atoms. The van der Waals surface area contributed by atoms with E-state index in [0.29, 0.717) is 48.6 Å². The summed E-state index contributed by atoms with van der Waals surface area (Å²) in [6, 6.07) is 3.92. The van der Waals surface area contributed by atoms with Crippen molar-refractivity contribution in [3.63, 3.8) is 0 Å². The summed E-state index contributed by atoms with van der Waals surface area (Å²) in [6.07, 6.45) is 1.01. The van der Waals surface area contributed by atoms with Crippen molar-refractivity contribution < 1.29 is 9.84 Å². The SMILES string of the molecule is CCOCCn1nc(C(C)O)c2nc(N3CCNCC3)nc(Nc3cc(C)ccn3)c21. The third-order valence-electron chi connectivity index (χ3n) is 5.21. The van der Waals surface area contributed by atoms with Gasteiger partial charge < -0.3 is 25.4 Å². The van der Waals surface area contributed by atoms with E-state index < -0.39 is 6.10 Å². The van der Waals surface area contributed by atoms with Crippen LogP contribution in [0.3, 0.4) is 0 Å². The molecule has 1 saturated heterocycles. The van der Waals surface area contributed by atoms with Gasteiger partial charge in [0.15, 0.2) is 5.82 Å². The number of aryl methyl sites for hydroxylation is 1. The molecule has 1 fully saturated rings. The summed E-state index contributed by atoms with van der Waals surface area (Å²) in [5.74, 6) is 1.94. The second kappa shape index (κ2) is 9.54. The van der Waals surface area contributed by atoms with Crippen LogP contribution in [-0.4, -0.2) is 69.2 Å². The molecule has 0 saturated carbocycles. The smallest absolute Gasteiger partial charge is 0.228 e. The highest BCUT2D eigenvalue weighted by Crippen LogP contribution is 2.31. The average Bonchev–Trinajstić information content (AvgIpc) is 3.14. The maximum Gasteiger partial charge on any atom is 0.228 e. The first-order valence-corrected chi connectivity index (χ1v) is 10.8. The maximum atomic E-state index is 10.4. The summed E-state index contributed by atoms with van der Waals surface area (Å²) in [6.45, 7) is 10.7. The molecule has 0 aliphatic carbocycles. The Labute approximate surface area is 181 Å². The van der Waals surface area contributed by atoms with E-state index in [1.165, 1.54) is 0 Å². The van der Waals surface area contributed by atoms with Crippen molar-refractivity contribution in [3.05, 3.63) is 29.6 Å². The lowest BCUT2D eigenvalue weighted by molar-refractivity contribution is 0.136. The van der Waals surface area contributed by atoms with Crippen LogP contribution in [0, 0.1) is 6.92 Å². The monoisotopic (exact) mass is 426 g/mol. The van der Waals surface area contributed by atoms with Crippen molar-refractivity contribution in [2.24, 2.45) is 0 Å². The lowest BCUT2D eigenvalue weighted by Crippen LogP contribution is -2.44. The van der Waals surface area contributed by atoms with Crippen molar-refractivity contribution in [2.45, 2.75) is 33.4 Å². The van der Waals surface area contributed by atoms with E-state index in [1.807, 2.05) is 30.7 Å². The van der Waals surface area contributed by atoms with Crippen LogP contribution in [0.2, 0.25) is 0 Å². The van der Waals surface area contributed by atoms with Gasteiger partial charge in [-0.05, 0) is 38.5 Å². The minimum absolute atomic E-state index is 0.508. The van der Waals surface area contributed by atoms with Gasteiger partial charge in [0.1, 0.15) is 22.5 Å². The fourth-order valence-electron chi connectivity index (χ4n) is 3.65. The molecule has 3 aromatic rings. The molecule has 0 radical (unpaired) electrons. The number of hydrogen-bond donors (Lipinski definition) is 3. The highest BCUT2D eigenvalue weighted by atomic mass is 16.5. The first-order chi connectivity index (χ1) is 15.1. The predicted octanol–water partition coefficient (Wildman–Crippen LogP) is 1.77. The Morgan fingerprint density at radius 1 is 1.29 bits per heavy atom. The minimum atomic E-state index is -0.758. The number of nitrogens with one attached hydrogen (secondary N) is 2. The van der Waals surface area contributed by atoms with E-state index in [-0.39, 0.29) is 0 Å². The van der Waals surface area contributed by atoms with Gasteiger partial charge in [-0.3, -0.25) is 4.68 Å². The summed E-state index contributed by atoms with van der Waals surface area (Å²) < 4.78 is 7.35. The van der Waals surface area contributed by atoms with Crippen molar-refractivity contribution in [1.82, 2.24) is 30.0 Å². The highest BCUT2D eigenvalue weighted by Gasteiger charge is 2.24. The van der Waals surface area contributed by atoms with Crippen molar-refractivity contribution >= 4 is 28.6 Å². The zero-order valence-electron chi connectivity index (χ0n) is 18.3. The molecule has 3 N–H and O–H groups in total. The molecule has 0 amide bonds. The Balaban J connectivity index is 1.84. The molecule has 1 aliphatic rings. The number of nitrogens with zero attached hydrogens (tertiary/aromatic N) is 6. The molecule has 1 aliphatic heterocycles. The van der Waals surface area contributed by atoms with E-state index in [1.54, 1.807) is 13.1 Å². The molecule has 0 spiro atoms. The summed E-state index contributed by atoms with van der Waals surface area (Å²) in [5.41, 5.74) is 3.01. The Morgan fingerprint density at radius 2 is 2.10 bits per heavy atom. The summed E-state index contributed by atoms with van der Waals surface area (Å²) in [5, 5.41) is 21.8. The van der Waals surface area contributed by atoms with E-state index in [0.717, 1.165) is 37.3 Å². The molecule has 3 aromatic heterocycles. The molecule has 4 heterocycles. The Morgan fingerprint density at radius 3 is 2.81 bits per heavy atom. The normalized spacial score (nSPS) is 15.4. The van der Waals surface area contributed by atoms with Gasteiger partial charge >= 0.3 is 0 Å². The second-order valence-corrected chi connectivity index (χ2v) is 7.63. The molecule has 4 rings (SSSR count). The van der Waals surface area contributed by atoms with Crippen molar-refractivity contribution in [1.29, 1.82) is 0 Å². The number of hydrogen-bond acceptors (Lipinski definition) is 9. The number of piperazine rings is 1. The van der Waals surface area contributed by atoms with Gasteiger partial charge in [-0.2, -0.15) is 10.1 Å². The molecule has 10 nitrogen and oxygen atoms in total. The highest BCUT2D eigenvalue weighted by molar-refractivity contribution is 5.90. The number of pyridine rings is 1. The number of aliphatic hydroxyl groups is 1. The fraction of sp³-hybridized carbons (Fsp3) is 0.524. The van der Waals surface area contributed by atoms with Crippen molar-refractivity contribution in [3.8, 4) is 0 Å². The molecule has 0 aromatic carbocycles. The predicted molar refractivity (Wildman–Crippen MR) is 120 cm³/mol. The maximum absolute atomic E-state index is 10.4. The minimum Gasteiger partial charge on any atom is -0.387 e.